The summed E-state index contributed by atoms with van der Waals surface area (Å²) in [6.45, 7) is 3.67. The highest BCUT2D eigenvalue weighted by Crippen LogP contribution is 2.35. The first-order valence-electron chi connectivity index (χ1n) is 15.3. The van der Waals surface area contributed by atoms with Crippen LogP contribution in [0.4, 0.5) is 20.2 Å². The lowest BCUT2D eigenvalue weighted by Gasteiger charge is -2.36. The molecule has 0 spiro atoms. The number of nitriles is 1. The smallest absolute Gasteiger partial charge is 0.249 e. The van der Waals surface area contributed by atoms with Crippen molar-refractivity contribution in [2.45, 2.75) is 31.8 Å². The molecule has 1 unspecified atom stereocenters. The molecule has 0 aromatic heterocycles. The number of amides is 2. The first kappa shape index (κ1) is 30.9. The number of rotatable bonds is 8. The molecule has 4 aromatic carbocycles. The van der Waals surface area contributed by atoms with Crippen LogP contribution in [0.2, 0.25) is 0 Å². The topological polar surface area (TPSA) is 96.8 Å². The van der Waals surface area contributed by atoms with Crippen molar-refractivity contribution in [2.75, 3.05) is 43.0 Å². The third-order valence-electron chi connectivity index (χ3n) is 8.98. The number of piperidine rings is 1. The van der Waals surface area contributed by atoms with Crippen molar-refractivity contribution < 1.29 is 23.2 Å². The number of imide groups is 1. The van der Waals surface area contributed by atoms with Gasteiger partial charge in [-0.3, -0.25) is 24.6 Å². The van der Waals surface area contributed by atoms with Crippen LogP contribution in [0.1, 0.15) is 45.5 Å². The minimum absolute atomic E-state index is 0.198. The van der Waals surface area contributed by atoms with E-state index < -0.39 is 17.8 Å². The number of carbonyl (C=O) groups is 3. The van der Waals surface area contributed by atoms with E-state index >= 15 is 0 Å². The molecule has 10 heteroatoms. The summed E-state index contributed by atoms with van der Waals surface area (Å²) in [5, 5.41) is 12.5. The predicted octanol–water partition coefficient (Wildman–Crippen LogP) is 4.96. The zero-order valence-corrected chi connectivity index (χ0v) is 25.4. The second kappa shape index (κ2) is 13.1. The maximum absolute atomic E-state index is 14.7. The van der Waals surface area contributed by atoms with Crippen LogP contribution < -0.4 is 15.1 Å². The van der Waals surface area contributed by atoms with Crippen LogP contribution in [0, 0.1) is 23.0 Å². The van der Waals surface area contributed by atoms with Gasteiger partial charge in [0.05, 0.1) is 17.3 Å². The Morgan fingerprint density at radius 1 is 0.978 bits per heavy atom. The third-order valence-corrected chi connectivity index (χ3v) is 8.98. The van der Waals surface area contributed by atoms with Crippen molar-refractivity contribution >= 4 is 40.2 Å². The molecule has 2 aliphatic heterocycles. The lowest BCUT2D eigenvalue weighted by atomic mass is 9.93. The molecular weight excluding hydrogens is 588 g/mol. The third kappa shape index (κ3) is 6.32. The van der Waals surface area contributed by atoms with E-state index in [4.69, 9.17) is 5.26 Å². The molecule has 2 amide bonds. The molecule has 2 aliphatic rings. The van der Waals surface area contributed by atoms with Crippen LogP contribution >= 0.6 is 0 Å². The Labute approximate surface area is 265 Å². The molecule has 1 atom stereocenters. The number of piperazine rings is 1. The summed E-state index contributed by atoms with van der Waals surface area (Å²) in [5.74, 6) is -1.60. The molecule has 0 saturated carbocycles. The average Bonchev–Trinajstić information content (AvgIpc) is 3.05. The molecule has 1 N–H and O–H groups in total. The largest absolute Gasteiger partial charge is 0.367 e. The fourth-order valence-electron chi connectivity index (χ4n) is 6.50. The standard InChI is InChI=1S/C36H33F2N5O3/c1-41(33-10-11-34(45)40-36(33)46)32-9-7-26(29-19-28(37)18-27(22-44)35(29)32)16-23-2-4-24(5-3-23)21-42-12-14-43(15-13-42)31-8-6-25(20-39)17-30(31)38/h2-9,17-19,22,33H,10-16,21H2,1H3,(H,40,45,46). The molecule has 0 radical (unpaired) electrons. The number of hydrogen-bond donors (Lipinski definition) is 1. The van der Waals surface area contributed by atoms with Gasteiger partial charge in [-0.2, -0.15) is 5.26 Å². The van der Waals surface area contributed by atoms with Gasteiger partial charge in [-0.25, -0.2) is 8.78 Å². The van der Waals surface area contributed by atoms with Crippen molar-refractivity contribution in [2.24, 2.45) is 0 Å². The molecule has 2 fully saturated rings. The Morgan fingerprint density at radius 3 is 2.39 bits per heavy atom. The van der Waals surface area contributed by atoms with Gasteiger partial charge in [0.2, 0.25) is 11.8 Å². The number of nitrogens with one attached hydrogen (secondary N) is 1. The highest BCUT2D eigenvalue weighted by molar-refractivity contribution is 6.08. The molecule has 6 rings (SSSR count). The maximum Gasteiger partial charge on any atom is 0.249 e. The van der Waals surface area contributed by atoms with E-state index in [1.54, 1.807) is 24.1 Å². The number of nitrogens with zero attached hydrogens (tertiary/aromatic N) is 4. The van der Waals surface area contributed by atoms with Gasteiger partial charge in [0.25, 0.3) is 0 Å². The van der Waals surface area contributed by atoms with Crippen LogP contribution in [0.15, 0.2) is 66.7 Å². The van der Waals surface area contributed by atoms with Gasteiger partial charge in [-0.15, -0.1) is 0 Å². The van der Waals surface area contributed by atoms with Crippen molar-refractivity contribution in [1.82, 2.24) is 10.2 Å². The van der Waals surface area contributed by atoms with E-state index in [0.717, 1.165) is 36.3 Å². The second-order valence-corrected chi connectivity index (χ2v) is 11.9. The van der Waals surface area contributed by atoms with Crippen LogP contribution in [-0.2, 0) is 22.6 Å². The van der Waals surface area contributed by atoms with Gasteiger partial charge in [0.15, 0.2) is 6.29 Å². The number of aldehydes is 1. The first-order chi connectivity index (χ1) is 22.2. The number of likely N-dealkylation sites (N-methyl/N-ethyl adjacent to an activating group) is 1. The number of fused-ring (bicyclic) bond motifs is 1. The summed E-state index contributed by atoms with van der Waals surface area (Å²) in [6.07, 6.45) is 1.71. The molecule has 46 heavy (non-hydrogen) atoms. The summed E-state index contributed by atoms with van der Waals surface area (Å²) in [4.78, 5) is 42.5. The van der Waals surface area contributed by atoms with Gasteiger partial charge >= 0.3 is 0 Å². The molecule has 0 aliphatic carbocycles. The van der Waals surface area contributed by atoms with Crippen molar-refractivity contribution in [3.05, 3.63) is 106 Å². The van der Waals surface area contributed by atoms with E-state index in [1.807, 2.05) is 35.2 Å². The van der Waals surface area contributed by atoms with Crippen LogP contribution in [0.5, 0.6) is 0 Å². The summed E-state index contributed by atoms with van der Waals surface area (Å²) in [5.41, 5.74) is 4.65. The van der Waals surface area contributed by atoms with Gasteiger partial charge in [0.1, 0.15) is 17.7 Å². The van der Waals surface area contributed by atoms with E-state index in [0.29, 0.717) is 59.9 Å². The lowest BCUT2D eigenvalue weighted by molar-refractivity contribution is -0.134. The first-order valence-corrected chi connectivity index (χ1v) is 15.3. The Balaban J connectivity index is 1.16. The van der Waals surface area contributed by atoms with E-state index in [-0.39, 0.29) is 23.7 Å². The molecule has 234 valence electrons. The molecule has 8 nitrogen and oxygen atoms in total. The number of anilines is 2. The number of hydrogen-bond acceptors (Lipinski definition) is 7. The van der Waals surface area contributed by atoms with Crippen molar-refractivity contribution in [3.8, 4) is 6.07 Å². The van der Waals surface area contributed by atoms with Gasteiger partial charge in [0, 0.05) is 62.8 Å². The molecule has 2 heterocycles. The molecular formula is C36H33F2N5O3. The SMILES string of the molecule is CN(c1ccc(Cc2ccc(CN3CCN(c4ccc(C#N)cc4F)CC3)cc2)c2cc(F)cc(C=O)c12)C1CCC(=O)NC1=O. The fourth-order valence-corrected chi connectivity index (χ4v) is 6.50. The number of halogens is 2. The summed E-state index contributed by atoms with van der Waals surface area (Å²) in [7, 11) is 1.75. The summed E-state index contributed by atoms with van der Waals surface area (Å²) >= 11 is 0. The zero-order valence-electron chi connectivity index (χ0n) is 25.4. The van der Waals surface area contributed by atoms with E-state index in [9.17, 15) is 23.2 Å². The Bertz CT molecular complexity index is 1860. The van der Waals surface area contributed by atoms with Crippen LogP contribution in [0.25, 0.3) is 10.8 Å². The quantitative estimate of drug-likeness (QED) is 0.220. The minimum Gasteiger partial charge on any atom is -0.367 e. The monoisotopic (exact) mass is 621 g/mol. The van der Waals surface area contributed by atoms with Gasteiger partial charge < -0.3 is 9.80 Å². The predicted molar refractivity (Wildman–Crippen MR) is 172 cm³/mol. The van der Waals surface area contributed by atoms with Crippen molar-refractivity contribution in [3.63, 3.8) is 0 Å². The Kier molecular flexibility index (Phi) is 8.77. The Morgan fingerprint density at radius 2 is 1.72 bits per heavy atom. The molecule has 4 aromatic rings. The van der Waals surface area contributed by atoms with Crippen LogP contribution in [-0.4, -0.2) is 62.3 Å². The average molecular weight is 622 g/mol. The van der Waals surface area contributed by atoms with E-state index in [1.165, 1.54) is 18.2 Å². The lowest BCUT2D eigenvalue weighted by Crippen LogP contribution is -2.51. The number of carbonyl (C=O) groups excluding carboxylic acids is 3. The Hall–Kier alpha value is -5.14. The normalized spacial score (nSPS) is 17.1. The summed E-state index contributed by atoms with van der Waals surface area (Å²) in [6, 6.07) is 20.6. The zero-order chi connectivity index (χ0) is 32.4. The van der Waals surface area contributed by atoms with Crippen molar-refractivity contribution in [1.29, 1.82) is 5.26 Å². The highest BCUT2D eigenvalue weighted by Gasteiger charge is 2.31. The van der Waals surface area contributed by atoms with E-state index in [2.05, 4.69) is 22.3 Å². The molecule has 2 saturated heterocycles. The highest BCUT2D eigenvalue weighted by atomic mass is 19.1. The van der Waals surface area contributed by atoms with Gasteiger partial charge in [-0.05, 0) is 71.3 Å². The fraction of sp³-hybridized carbons (Fsp3) is 0.278. The minimum atomic E-state index is -0.594. The second-order valence-electron chi connectivity index (χ2n) is 11.9. The maximum atomic E-state index is 14.7. The number of benzene rings is 4. The molecule has 0 bridgehead atoms. The van der Waals surface area contributed by atoms with Gasteiger partial charge in [-0.1, -0.05) is 30.3 Å². The summed E-state index contributed by atoms with van der Waals surface area (Å²) < 4.78 is 29.2. The van der Waals surface area contributed by atoms with Crippen LogP contribution in [0.3, 0.4) is 0 Å².